The molecular weight excluding hydrogens is 292 g/mol. The minimum atomic E-state index is -0.576. The summed E-state index contributed by atoms with van der Waals surface area (Å²) in [6.07, 6.45) is 4.17. The summed E-state index contributed by atoms with van der Waals surface area (Å²) in [5, 5.41) is 3.24. The van der Waals surface area contributed by atoms with Gasteiger partial charge in [-0.2, -0.15) is 0 Å². The van der Waals surface area contributed by atoms with Gasteiger partial charge in [0, 0.05) is 23.0 Å². The summed E-state index contributed by atoms with van der Waals surface area (Å²) < 4.78 is 27.5. The van der Waals surface area contributed by atoms with Gasteiger partial charge in [0.15, 0.2) is 0 Å². The van der Waals surface area contributed by atoms with Crippen molar-refractivity contribution >= 4 is 22.2 Å². The van der Waals surface area contributed by atoms with Crippen LogP contribution in [0.15, 0.2) is 23.7 Å². The first-order valence-corrected chi connectivity index (χ1v) is 7.68. The lowest BCUT2D eigenvalue weighted by molar-refractivity contribution is 0.591. The molecule has 2 aromatic heterocycles. The molecule has 1 aromatic carbocycles. The van der Waals surface area contributed by atoms with Crippen molar-refractivity contribution in [3.05, 3.63) is 40.9 Å². The second kappa shape index (κ2) is 5.91. The first-order chi connectivity index (χ1) is 10.2. The molecule has 0 atom stereocenters. The Kier molecular flexibility index (Phi) is 3.98. The lowest BCUT2D eigenvalue weighted by Gasteiger charge is -2.02. The molecule has 0 aliphatic rings. The zero-order valence-electron chi connectivity index (χ0n) is 11.3. The second-order valence-corrected chi connectivity index (χ2v) is 5.77. The fourth-order valence-electron chi connectivity index (χ4n) is 2.51. The van der Waals surface area contributed by atoms with E-state index in [9.17, 15) is 8.78 Å². The summed E-state index contributed by atoms with van der Waals surface area (Å²) in [4.78, 5) is 7.33. The first kappa shape index (κ1) is 14.2. The summed E-state index contributed by atoms with van der Waals surface area (Å²) >= 11 is 1.47. The highest BCUT2D eigenvalue weighted by molar-refractivity contribution is 7.13. The first-order valence-electron chi connectivity index (χ1n) is 6.80. The SMILES string of the molecule is NCCCCc1c(-c2nccs2)[nH]c2c(F)cc(F)cc12. The van der Waals surface area contributed by atoms with Gasteiger partial charge in [0.2, 0.25) is 0 Å². The number of benzene rings is 1. The molecule has 0 saturated heterocycles. The van der Waals surface area contributed by atoms with Crippen LogP contribution in [0, 0.1) is 11.6 Å². The van der Waals surface area contributed by atoms with Gasteiger partial charge >= 0.3 is 0 Å². The number of thiazole rings is 1. The minimum absolute atomic E-state index is 0.337. The molecule has 110 valence electrons. The average molecular weight is 307 g/mol. The molecule has 3 rings (SSSR count). The van der Waals surface area contributed by atoms with Crippen molar-refractivity contribution in [2.75, 3.05) is 6.54 Å². The Morgan fingerprint density at radius 1 is 1.24 bits per heavy atom. The fraction of sp³-hybridized carbons (Fsp3) is 0.267. The number of nitrogens with two attached hydrogens (primary N) is 1. The average Bonchev–Trinajstić information content (AvgIpc) is 3.07. The number of rotatable bonds is 5. The highest BCUT2D eigenvalue weighted by Crippen LogP contribution is 2.34. The minimum Gasteiger partial charge on any atom is -0.350 e. The van der Waals surface area contributed by atoms with Crippen LogP contribution in [0.25, 0.3) is 21.6 Å². The van der Waals surface area contributed by atoms with Gasteiger partial charge in [-0.1, -0.05) is 0 Å². The Morgan fingerprint density at radius 3 is 2.81 bits per heavy atom. The maximum atomic E-state index is 14.0. The quantitative estimate of drug-likeness (QED) is 0.703. The Morgan fingerprint density at radius 2 is 2.10 bits per heavy atom. The fourth-order valence-corrected chi connectivity index (χ4v) is 3.17. The molecular formula is C15H15F2N3S. The van der Waals surface area contributed by atoms with Crippen LogP contribution in [0.3, 0.4) is 0 Å². The van der Waals surface area contributed by atoms with E-state index in [0.29, 0.717) is 17.4 Å². The third-order valence-corrected chi connectivity index (χ3v) is 4.25. The molecule has 21 heavy (non-hydrogen) atoms. The molecule has 0 unspecified atom stereocenters. The van der Waals surface area contributed by atoms with Crippen molar-refractivity contribution < 1.29 is 8.78 Å². The van der Waals surface area contributed by atoms with Crippen LogP contribution in [0.2, 0.25) is 0 Å². The van der Waals surface area contributed by atoms with Gasteiger partial charge in [0.05, 0.1) is 11.2 Å². The number of fused-ring (bicyclic) bond motifs is 1. The van der Waals surface area contributed by atoms with Crippen molar-refractivity contribution in [3.63, 3.8) is 0 Å². The maximum absolute atomic E-state index is 14.0. The molecule has 3 N–H and O–H groups in total. The smallest absolute Gasteiger partial charge is 0.150 e. The highest BCUT2D eigenvalue weighted by Gasteiger charge is 2.18. The number of hydrogen-bond donors (Lipinski definition) is 2. The van der Waals surface area contributed by atoms with E-state index < -0.39 is 11.6 Å². The van der Waals surface area contributed by atoms with E-state index in [1.165, 1.54) is 17.4 Å². The summed E-state index contributed by atoms with van der Waals surface area (Å²) in [5.74, 6) is -1.14. The van der Waals surface area contributed by atoms with Crippen LogP contribution in [-0.4, -0.2) is 16.5 Å². The van der Waals surface area contributed by atoms with Crippen molar-refractivity contribution in [1.29, 1.82) is 0 Å². The number of aromatic nitrogens is 2. The van der Waals surface area contributed by atoms with Gasteiger partial charge in [-0.15, -0.1) is 11.3 Å². The summed E-state index contributed by atoms with van der Waals surface area (Å²) in [6, 6.07) is 2.28. The lowest BCUT2D eigenvalue weighted by Crippen LogP contribution is -1.99. The maximum Gasteiger partial charge on any atom is 0.150 e. The molecule has 2 heterocycles. The van der Waals surface area contributed by atoms with E-state index in [2.05, 4.69) is 9.97 Å². The third-order valence-electron chi connectivity index (χ3n) is 3.46. The lowest BCUT2D eigenvalue weighted by atomic mass is 10.0. The molecule has 0 bridgehead atoms. The van der Waals surface area contributed by atoms with E-state index >= 15 is 0 Å². The largest absolute Gasteiger partial charge is 0.350 e. The molecule has 0 saturated carbocycles. The third kappa shape index (κ3) is 2.69. The zero-order chi connectivity index (χ0) is 14.8. The number of nitrogens with zero attached hydrogens (tertiary/aromatic N) is 1. The van der Waals surface area contributed by atoms with Gasteiger partial charge < -0.3 is 10.7 Å². The number of aryl methyl sites for hydroxylation is 1. The summed E-state index contributed by atoms with van der Waals surface area (Å²) in [5.41, 5.74) is 7.55. The van der Waals surface area contributed by atoms with Gasteiger partial charge in [-0.05, 0) is 37.4 Å². The van der Waals surface area contributed by atoms with Crippen molar-refractivity contribution in [3.8, 4) is 10.7 Å². The van der Waals surface area contributed by atoms with Crippen LogP contribution in [-0.2, 0) is 6.42 Å². The van der Waals surface area contributed by atoms with Gasteiger partial charge in [-0.3, -0.25) is 0 Å². The van der Waals surface area contributed by atoms with Crippen LogP contribution in [0.4, 0.5) is 8.78 Å². The van der Waals surface area contributed by atoms with Gasteiger partial charge in [-0.25, -0.2) is 13.8 Å². The second-order valence-electron chi connectivity index (χ2n) is 4.87. The number of H-pyrrole nitrogens is 1. The zero-order valence-corrected chi connectivity index (χ0v) is 12.1. The molecule has 0 fully saturated rings. The molecule has 0 radical (unpaired) electrons. The topological polar surface area (TPSA) is 54.7 Å². The number of unbranched alkanes of at least 4 members (excludes halogenated alkanes) is 1. The standard InChI is InChI=1S/C15H15F2N3S/c16-9-7-11-10(3-1-2-4-18)14(15-19-5-6-21-15)20-13(11)12(17)8-9/h5-8,20H,1-4,18H2. The van der Waals surface area contributed by atoms with Crippen molar-refractivity contribution in [2.45, 2.75) is 19.3 Å². The molecule has 0 amide bonds. The molecule has 3 aromatic rings. The van der Waals surface area contributed by atoms with Crippen LogP contribution in [0.5, 0.6) is 0 Å². The summed E-state index contributed by atoms with van der Waals surface area (Å²) in [6.45, 7) is 0.609. The monoisotopic (exact) mass is 307 g/mol. The van der Waals surface area contributed by atoms with Crippen molar-refractivity contribution in [1.82, 2.24) is 9.97 Å². The number of aromatic amines is 1. The predicted molar refractivity (Wildman–Crippen MR) is 81.3 cm³/mol. The van der Waals surface area contributed by atoms with E-state index in [-0.39, 0.29) is 0 Å². The van der Waals surface area contributed by atoms with E-state index in [1.807, 2.05) is 5.38 Å². The Hall–Kier alpha value is -1.79. The predicted octanol–water partition coefficient (Wildman–Crippen LogP) is 3.85. The van der Waals surface area contributed by atoms with E-state index in [4.69, 9.17) is 5.73 Å². The molecule has 3 nitrogen and oxygen atoms in total. The van der Waals surface area contributed by atoms with E-state index in [0.717, 1.165) is 41.6 Å². The number of hydrogen-bond acceptors (Lipinski definition) is 3. The Labute approximate surface area is 124 Å². The van der Waals surface area contributed by atoms with Crippen LogP contribution in [0.1, 0.15) is 18.4 Å². The highest BCUT2D eigenvalue weighted by atomic mass is 32.1. The van der Waals surface area contributed by atoms with Crippen molar-refractivity contribution in [2.24, 2.45) is 5.73 Å². The normalized spacial score (nSPS) is 11.4. The summed E-state index contributed by atoms with van der Waals surface area (Å²) in [7, 11) is 0. The van der Waals surface area contributed by atoms with Crippen LogP contribution < -0.4 is 5.73 Å². The number of nitrogens with one attached hydrogen (secondary N) is 1. The number of halogens is 2. The van der Waals surface area contributed by atoms with Gasteiger partial charge in [0.1, 0.15) is 16.6 Å². The molecule has 6 heteroatoms. The van der Waals surface area contributed by atoms with E-state index in [1.54, 1.807) is 6.20 Å². The molecule has 0 aliphatic carbocycles. The molecule has 0 aliphatic heterocycles. The van der Waals surface area contributed by atoms with Gasteiger partial charge in [0.25, 0.3) is 0 Å². The van der Waals surface area contributed by atoms with Crippen LogP contribution >= 0.6 is 11.3 Å². The Balaban J connectivity index is 2.16. The Bertz CT molecular complexity index is 750. The molecule has 0 spiro atoms.